The van der Waals surface area contributed by atoms with E-state index in [9.17, 15) is 9.18 Å². The molecule has 27 heavy (non-hydrogen) atoms. The molecule has 1 aliphatic rings. The first-order valence-electron chi connectivity index (χ1n) is 8.73. The van der Waals surface area contributed by atoms with Gasteiger partial charge in [-0.15, -0.1) is 0 Å². The van der Waals surface area contributed by atoms with E-state index < -0.39 is 0 Å². The second-order valence-corrected chi connectivity index (χ2v) is 7.29. The van der Waals surface area contributed by atoms with Gasteiger partial charge in [-0.3, -0.25) is 9.69 Å². The van der Waals surface area contributed by atoms with E-state index >= 15 is 0 Å². The summed E-state index contributed by atoms with van der Waals surface area (Å²) >= 11 is 1.59. The van der Waals surface area contributed by atoms with Gasteiger partial charge in [0.2, 0.25) is 11.7 Å². The lowest BCUT2D eigenvalue weighted by Gasteiger charge is -2.35. The topological polar surface area (TPSA) is 62.5 Å². The number of Topliss-reactive ketones (excluding diaryl/α,β-unsaturated/α-hetero) is 1. The van der Waals surface area contributed by atoms with Crippen molar-refractivity contribution in [2.24, 2.45) is 0 Å². The Kier molecular flexibility index (Phi) is 5.00. The minimum absolute atomic E-state index is 0.133. The fraction of sp³-hybridized carbons (Fsp3) is 0.316. The van der Waals surface area contributed by atoms with Gasteiger partial charge in [-0.05, 0) is 36.6 Å². The van der Waals surface area contributed by atoms with Crippen molar-refractivity contribution in [3.8, 4) is 11.4 Å². The van der Waals surface area contributed by atoms with Crippen LogP contribution in [0.4, 0.5) is 10.1 Å². The summed E-state index contributed by atoms with van der Waals surface area (Å²) in [6.45, 7) is 4.95. The molecule has 0 atom stereocenters. The number of carbonyl (C=O) groups is 1. The molecule has 3 aromatic rings. The molecule has 0 unspecified atom stereocenters. The monoisotopic (exact) mass is 386 g/mol. The summed E-state index contributed by atoms with van der Waals surface area (Å²) in [5, 5.41) is 7.99. The Morgan fingerprint density at radius 2 is 2.07 bits per heavy atom. The van der Waals surface area contributed by atoms with Crippen molar-refractivity contribution in [3.05, 3.63) is 52.3 Å². The number of halogens is 1. The fourth-order valence-electron chi connectivity index (χ4n) is 3.15. The van der Waals surface area contributed by atoms with Gasteiger partial charge in [0.15, 0.2) is 5.78 Å². The number of benzene rings is 1. The molecule has 0 saturated carbocycles. The average Bonchev–Trinajstić information content (AvgIpc) is 3.34. The van der Waals surface area contributed by atoms with E-state index in [4.69, 9.17) is 4.52 Å². The molecule has 0 amide bonds. The van der Waals surface area contributed by atoms with E-state index in [0.717, 1.165) is 18.7 Å². The van der Waals surface area contributed by atoms with Crippen molar-refractivity contribution >= 4 is 22.8 Å². The molecule has 1 fully saturated rings. The minimum Gasteiger partial charge on any atom is -0.367 e. The molecular formula is C19H19FN4O2S. The third-order valence-electron chi connectivity index (χ3n) is 4.67. The zero-order chi connectivity index (χ0) is 18.8. The van der Waals surface area contributed by atoms with Gasteiger partial charge in [0.05, 0.1) is 12.2 Å². The van der Waals surface area contributed by atoms with Crippen molar-refractivity contribution in [2.75, 3.05) is 31.1 Å². The van der Waals surface area contributed by atoms with Gasteiger partial charge >= 0.3 is 0 Å². The highest BCUT2D eigenvalue weighted by atomic mass is 32.1. The molecule has 1 aromatic carbocycles. The van der Waals surface area contributed by atoms with Crippen molar-refractivity contribution in [1.82, 2.24) is 15.0 Å². The van der Waals surface area contributed by atoms with Crippen molar-refractivity contribution in [2.45, 2.75) is 13.5 Å². The summed E-state index contributed by atoms with van der Waals surface area (Å²) in [6, 6.07) is 6.64. The van der Waals surface area contributed by atoms with Crippen LogP contribution in [0.5, 0.6) is 0 Å². The Bertz CT molecular complexity index is 933. The number of hydrogen-bond acceptors (Lipinski definition) is 7. The first kappa shape index (κ1) is 17.8. The largest absolute Gasteiger partial charge is 0.367 e. The molecule has 1 aliphatic heterocycles. The standard InChI is InChI=1S/C19H19FN4O2S/c1-13(25)14-2-3-17(16(20)10-14)24-7-5-23(6-8-24)11-18-21-19(22-26-18)15-4-9-27-12-15/h2-4,9-10,12H,5-8,11H2,1H3. The SMILES string of the molecule is CC(=O)c1ccc(N2CCN(Cc3nc(-c4ccsc4)no3)CC2)c(F)c1. The van der Waals surface area contributed by atoms with Crippen LogP contribution in [0.25, 0.3) is 11.4 Å². The third-order valence-corrected chi connectivity index (χ3v) is 5.36. The fourth-order valence-corrected chi connectivity index (χ4v) is 3.78. The molecule has 0 spiro atoms. The predicted octanol–water partition coefficient (Wildman–Crippen LogP) is 3.46. The van der Waals surface area contributed by atoms with Gasteiger partial charge in [-0.25, -0.2) is 4.39 Å². The van der Waals surface area contributed by atoms with Crippen molar-refractivity contribution in [1.29, 1.82) is 0 Å². The van der Waals surface area contributed by atoms with Crippen LogP contribution in [0.2, 0.25) is 0 Å². The molecule has 4 rings (SSSR count). The molecule has 0 aliphatic carbocycles. The zero-order valence-corrected chi connectivity index (χ0v) is 15.7. The van der Waals surface area contributed by atoms with E-state index in [1.54, 1.807) is 23.5 Å². The molecule has 140 valence electrons. The Morgan fingerprint density at radius 1 is 1.26 bits per heavy atom. The Balaban J connectivity index is 1.36. The molecular weight excluding hydrogens is 367 g/mol. The third kappa shape index (κ3) is 3.91. The number of aromatic nitrogens is 2. The van der Waals surface area contributed by atoms with Crippen LogP contribution in [-0.4, -0.2) is 47.0 Å². The zero-order valence-electron chi connectivity index (χ0n) is 14.9. The highest BCUT2D eigenvalue weighted by Gasteiger charge is 2.22. The molecule has 0 N–H and O–H groups in total. The predicted molar refractivity (Wildman–Crippen MR) is 102 cm³/mol. The summed E-state index contributed by atoms with van der Waals surface area (Å²) in [7, 11) is 0. The highest BCUT2D eigenvalue weighted by molar-refractivity contribution is 7.08. The molecule has 6 nitrogen and oxygen atoms in total. The van der Waals surface area contributed by atoms with Crippen LogP contribution < -0.4 is 4.90 Å². The number of piperazine rings is 1. The number of thiophene rings is 1. The molecule has 1 saturated heterocycles. The number of hydrogen-bond donors (Lipinski definition) is 0. The number of carbonyl (C=O) groups excluding carboxylic acids is 1. The van der Waals surface area contributed by atoms with E-state index in [0.29, 0.717) is 42.6 Å². The van der Waals surface area contributed by atoms with Crippen LogP contribution in [0.3, 0.4) is 0 Å². The maximum Gasteiger partial charge on any atom is 0.241 e. The number of nitrogens with zero attached hydrogens (tertiary/aromatic N) is 4. The summed E-state index contributed by atoms with van der Waals surface area (Å²) in [5.41, 5.74) is 1.90. The maximum atomic E-state index is 14.3. The Morgan fingerprint density at radius 3 is 2.74 bits per heavy atom. The maximum absolute atomic E-state index is 14.3. The summed E-state index contributed by atoms with van der Waals surface area (Å²) in [5.74, 6) is 0.708. The lowest BCUT2D eigenvalue weighted by Crippen LogP contribution is -2.46. The lowest BCUT2D eigenvalue weighted by molar-refractivity contribution is 0.101. The Hall–Kier alpha value is -2.58. The van der Waals surface area contributed by atoms with Gasteiger partial charge in [0.1, 0.15) is 5.82 Å². The molecule has 0 radical (unpaired) electrons. The highest BCUT2D eigenvalue weighted by Crippen LogP contribution is 2.23. The summed E-state index contributed by atoms with van der Waals surface area (Å²) < 4.78 is 19.7. The van der Waals surface area contributed by atoms with E-state index in [1.165, 1.54) is 13.0 Å². The van der Waals surface area contributed by atoms with Gasteiger partial charge in [-0.2, -0.15) is 16.3 Å². The Labute approximate surface area is 160 Å². The van der Waals surface area contributed by atoms with Crippen LogP contribution in [0.15, 0.2) is 39.5 Å². The van der Waals surface area contributed by atoms with Crippen LogP contribution >= 0.6 is 11.3 Å². The second kappa shape index (κ2) is 7.58. The van der Waals surface area contributed by atoms with Crippen LogP contribution in [0, 0.1) is 5.82 Å². The first-order chi connectivity index (χ1) is 13.1. The molecule has 0 bridgehead atoms. The van der Waals surface area contributed by atoms with Gasteiger partial charge in [0.25, 0.3) is 0 Å². The second-order valence-electron chi connectivity index (χ2n) is 6.51. The average molecular weight is 386 g/mol. The molecule has 8 heteroatoms. The van der Waals surface area contributed by atoms with Crippen LogP contribution in [-0.2, 0) is 6.54 Å². The van der Waals surface area contributed by atoms with E-state index in [2.05, 4.69) is 15.0 Å². The lowest BCUT2D eigenvalue weighted by atomic mass is 10.1. The van der Waals surface area contributed by atoms with E-state index in [1.807, 2.05) is 21.7 Å². The van der Waals surface area contributed by atoms with E-state index in [-0.39, 0.29) is 11.6 Å². The summed E-state index contributed by atoms with van der Waals surface area (Å²) in [6.07, 6.45) is 0. The normalized spacial score (nSPS) is 15.3. The number of anilines is 1. The summed E-state index contributed by atoms with van der Waals surface area (Å²) in [4.78, 5) is 20.0. The molecule has 3 heterocycles. The van der Waals surface area contributed by atoms with Crippen molar-refractivity contribution in [3.63, 3.8) is 0 Å². The van der Waals surface area contributed by atoms with Crippen LogP contribution in [0.1, 0.15) is 23.2 Å². The first-order valence-corrected chi connectivity index (χ1v) is 9.67. The number of ketones is 1. The van der Waals surface area contributed by atoms with Gasteiger partial charge in [-0.1, -0.05) is 5.16 Å². The number of rotatable bonds is 5. The van der Waals surface area contributed by atoms with Crippen molar-refractivity contribution < 1.29 is 13.7 Å². The molecule has 2 aromatic heterocycles. The smallest absolute Gasteiger partial charge is 0.241 e. The minimum atomic E-state index is -0.353. The quantitative estimate of drug-likeness (QED) is 0.626. The van der Waals surface area contributed by atoms with Gasteiger partial charge < -0.3 is 9.42 Å². The van der Waals surface area contributed by atoms with Gasteiger partial charge in [0, 0.05) is 42.7 Å².